The Morgan fingerprint density at radius 3 is 2.70 bits per heavy atom. The topological polar surface area (TPSA) is 67.2 Å². The Kier molecular flexibility index (Phi) is 4.55. The van der Waals surface area contributed by atoms with Gasteiger partial charge in [0.05, 0.1) is 12.5 Å². The largest absolute Gasteiger partial charge is 0.355 e. The summed E-state index contributed by atoms with van der Waals surface area (Å²) in [5.41, 5.74) is 0.506. The summed E-state index contributed by atoms with van der Waals surface area (Å²) in [6, 6.07) is 0. The number of aryl methyl sites for hydroxylation is 1. The second kappa shape index (κ2) is 6.76. The first-order valence-electron chi connectivity index (χ1n) is 7.88. The highest BCUT2D eigenvalue weighted by Gasteiger charge is 2.23. The minimum absolute atomic E-state index is 0.0121. The Balaban J connectivity index is 1.51. The number of piperidine rings is 1. The zero-order chi connectivity index (χ0) is 16.2. The second-order valence-corrected chi connectivity index (χ2v) is 6.10. The van der Waals surface area contributed by atoms with Crippen LogP contribution in [0.5, 0.6) is 0 Å². The van der Waals surface area contributed by atoms with Crippen LogP contribution in [0.3, 0.4) is 0 Å². The van der Waals surface area contributed by atoms with E-state index in [0.29, 0.717) is 11.6 Å². The first-order valence-corrected chi connectivity index (χ1v) is 7.88. The van der Waals surface area contributed by atoms with Gasteiger partial charge in [0, 0.05) is 52.3 Å². The number of imidazole rings is 1. The average Bonchev–Trinajstić information content (AvgIpc) is 3.02. The van der Waals surface area contributed by atoms with Crippen LogP contribution in [0.15, 0.2) is 31.1 Å². The Labute approximate surface area is 136 Å². The number of amides is 1. The van der Waals surface area contributed by atoms with Gasteiger partial charge in [-0.15, -0.1) is 0 Å². The minimum Gasteiger partial charge on any atom is -0.355 e. The molecule has 1 aliphatic rings. The van der Waals surface area contributed by atoms with E-state index in [-0.39, 0.29) is 5.91 Å². The van der Waals surface area contributed by atoms with Crippen molar-refractivity contribution in [2.45, 2.75) is 12.8 Å². The summed E-state index contributed by atoms with van der Waals surface area (Å²) in [6.45, 7) is 2.67. The van der Waals surface area contributed by atoms with E-state index in [2.05, 4.69) is 19.9 Å². The van der Waals surface area contributed by atoms with Crippen molar-refractivity contribution < 1.29 is 4.79 Å². The molecule has 3 heterocycles. The molecule has 1 amide bonds. The highest BCUT2D eigenvalue weighted by Crippen LogP contribution is 2.22. The molecule has 0 saturated carbocycles. The van der Waals surface area contributed by atoms with E-state index in [0.717, 1.165) is 38.3 Å². The lowest BCUT2D eigenvalue weighted by atomic mass is 9.96. The molecule has 7 heteroatoms. The minimum atomic E-state index is -0.0121. The molecular weight excluding hydrogens is 292 g/mol. The summed E-state index contributed by atoms with van der Waals surface area (Å²) in [5, 5.41) is 0. The zero-order valence-electron chi connectivity index (χ0n) is 13.6. The van der Waals surface area contributed by atoms with Crippen molar-refractivity contribution in [2.75, 3.05) is 31.6 Å². The molecule has 23 heavy (non-hydrogen) atoms. The first kappa shape index (κ1) is 15.5. The maximum Gasteiger partial charge on any atom is 0.273 e. The van der Waals surface area contributed by atoms with Gasteiger partial charge in [-0.2, -0.15) is 0 Å². The predicted octanol–water partition coefficient (Wildman–Crippen LogP) is 1.20. The maximum atomic E-state index is 12.3. The van der Waals surface area contributed by atoms with Gasteiger partial charge in [0.15, 0.2) is 0 Å². The number of carbonyl (C=O) groups is 1. The van der Waals surface area contributed by atoms with Crippen LogP contribution in [-0.4, -0.2) is 57.0 Å². The molecule has 0 bridgehead atoms. The number of anilines is 1. The van der Waals surface area contributed by atoms with Gasteiger partial charge in [-0.1, -0.05) is 0 Å². The molecule has 2 aromatic heterocycles. The van der Waals surface area contributed by atoms with E-state index >= 15 is 0 Å². The van der Waals surface area contributed by atoms with Gasteiger partial charge in [0.1, 0.15) is 11.5 Å². The van der Waals surface area contributed by atoms with E-state index in [1.165, 1.54) is 0 Å². The first-order chi connectivity index (χ1) is 11.1. The van der Waals surface area contributed by atoms with E-state index in [9.17, 15) is 4.79 Å². The average molecular weight is 314 g/mol. The van der Waals surface area contributed by atoms with Gasteiger partial charge in [-0.3, -0.25) is 9.78 Å². The summed E-state index contributed by atoms with van der Waals surface area (Å²) in [4.78, 5) is 29.0. The summed E-state index contributed by atoms with van der Waals surface area (Å²) >= 11 is 0. The SMILES string of the molecule is CN(CC1CCN(c2cnccn2)CC1)C(=O)c1cn(C)cn1. The smallest absolute Gasteiger partial charge is 0.273 e. The van der Waals surface area contributed by atoms with Crippen molar-refractivity contribution in [2.24, 2.45) is 13.0 Å². The van der Waals surface area contributed by atoms with Gasteiger partial charge in [0.25, 0.3) is 5.91 Å². The van der Waals surface area contributed by atoms with Crippen molar-refractivity contribution in [3.8, 4) is 0 Å². The fourth-order valence-corrected chi connectivity index (χ4v) is 2.99. The highest BCUT2D eigenvalue weighted by atomic mass is 16.2. The maximum absolute atomic E-state index is 12.3. The lowest BCUT2D eigenvalue weighted by Crippen LogP contribution is -2.39. The molecular formula is C16H22N6O. The third-order valence-corrected chi connectivity index (χ3v) is 4.29. The molecule has 1 fully saturated rings. The summed E-state index contributed by atoms with van der Waals surface area (Å²) < 4.78 is 1.79. The molecule has 0 aromatic carbocycles. The van der Waals surface area contributed by atoms with E-state index in [1.54, 1.807) is 40.6 Å². The van der Waals surface area contributed by atoms with Gasteiger partial charge >= 0.3 is 0 Å². The van der Waals surface area contributed by atoms with E-state index in [1.807, 2.05) is 14.1 Å². The molecule has 7 nitrogen and oxygen atoms in total. The molecule has 0 N–H and O–H groups in total. The monoisotopic (exact) mass is 314 g/mol. The van der Waals surface area contributed by atoms with Crippen LogP contribution in [-0.2, 0) is 7.05 Å². The molecule has 0 aliphatic carbocycles. The van der Waals surface area contributed by atoms with Gasteiger partial charge < -0.3 is 14.4 Å². The van der Waals surface area contributed by atoms with Crippen molar-refractivity contribution in [1.82, 2.24) is 24.4 Å². The molecule has 0 radical (unpaired) electrons. The summed E-state index contributed by atoms with van der Waals surface area (Å²) in [6.07, 6.45) is 10.7. The fourth-order valence-electron chi connectivity index (χ4n) is 2.99. The molecule has 3 rings (SSSR count). The van der Waals surface area contributed by atoms with Gasteiger partial charge in [-0.25, -0.2) is 9.97 Å². The molecule has 1 aliphatic heterocycles. The van der Waals surface area contributed by atoms with Crippen LogP contribution in [0.1, 0.15) is 23.3 Å². The number of rotatable bonds is 4. The zero-order valence-corrected chi connectivity index (χ0v) is 13.6. The molecule has 122 valence electrons. The Bertz CT molecular complexity index is 648. The van der Waals surface area contributed by atoms with Crippen LogP contribution in [0.4, 0.5) is 5.82 Å². The molecule has 1 saturated heterocycles. The second-order valence-electron chi connectivity index (χ2n) is 6.10. The van der Waals surface area contributed by atoms with Crippen molar-refractivity contribution in [3.05, 3.63) is 36.8 Å². The van der Waals surface area contributed by atoms with Crippen LogP contribution in [0.2, 0.25) is 0 Å². The van der Waals surface area contributed by atoms with Crippen molar-refractivity contribution in [3.63, 3.8) is 0 Å². The quantitative estimate of drug-likeness (QED) is 0.848. The molecule has 0 unspecified atom stereocenters. The predicted molar refractivity (Wildman–Crippen MR) is 87.1 cm³/mol. The number of hydrogen-bond donors (Lipinski definition) is 0. The fraction of sp³-hybridized carbons (Fsp3) is 0.500. The Morgan fingerprint density at radius 1 is 1.30 bits per heavy atom. The van der Waals surface area contributed by atoms with E-state index in [4.69, 9.17) is 0 Å². The standard InChI is InChI=1S/C16H22N6O/c1-20-11-14(19-12-20)16(23)21(2)10-13-3-7-22(8-4-13)15-9-17-5-6-18-15/h5-6,9,11-13H,3-4,7-8,10H2,1-2H3. The summed E-state index contributed by atoms with van der Waals surface area (Å²) in [5.74, 6) is 1.44. The lowest BCUT2D eigenvalue weighted by molar-refractivity contribution is 0.0759. The van der Waals surface area contributed by atoms with Crippen LogP contribution in [0, 0.1) is 5.92 Å². The van der Waals surface area contributed by atoms with Gasteiger partial charge in [-0.05, 0) is 18.8 Å². The summed E-state index contributed by atoms with van der Waals surface area (Å²) in [7, 11) is 3.72. The molecule has 0 spiro atoms. The highest BCUT2D eigenvalue weighted by molar-refractivity contribution is 5.91. The number of hydrogen-bond acceptors (Lipinski definition) is 5. The lowest BCUT2D eigenvalue weighted by Gasteiger charge is -2.34. The van der Waals surface area contributed by atoms with Crippen LogP contribution < -0.4 is 4.90 Å². The number of aromatic nitrogens is 4. The normalized spacial score (nSPS) is 15.7. The van der Waals surface area contributed by atoms with Crippen molar-refractivity contribution in [1.29, 1.82) is 0 Å². The molecule has 2 aromatic rings. The molecule has 0 atom stereocenters. The Hall–Kier alpha value is -2.44. The number of nitrogens with zero attached hydrogens (tertiary/aromatic N) is 6. The Morgan fingerprint density at radius 2 is 2.09 bits per heavy atom. The van der Waals surface area contributed by atoms with Crippen LogP contribution in [0.25, 0.3) is 0 Å². The number of carbonyl (C=O) groups excluding carboxylic acids is 1. The van der Waals surface area contributed by atoms with Gasteiger partial charge in [0.2, 0.25) is 0 Å². The third kappa shape index (κ3) is 3.67. The van der Waals surface area contributed by atoms with E-state index < -0.39 is 0 Å². The van der Waals surface area contributed by atoms with Crippen LogP contribution >= 0.6 is 0 Å². The third-order valence-electron chi connectivity index (χ3n) is 4.29. The van der Waals surface area contributed by atoms with Crippen molar-refractivity contribution >= 4 is 11.7 Å².